The molecule has 0 spiro atoms. The number of carbonyl (C=O) groups excluding carboxylic acids is 2. The van der Waals surface area contributed by atoms with Crippen LogP contribution in [0.3, 0.4) is 0 Å². The molecule has 1 saturated carbocycles. The third kappa shape index (κ3) is 6.57. The molecule has 1 aliphatic carbocycles. The maximum Gasteiger partial charge on any atom is 0.239 e. The number of nitrogens with one attached hydrogen (secondary N) is 2. The van der Waals surface area contributed by atoms with Crippen LogP contribution in [0.15, 0.2) is 0 Å². The predicted octanol–water partition coefficient (Wildman–Crippen LogP) is 1.20. The van der Waals surface area contributed by atoms with Crippen LogP contribution in [0.5, 0.6) is 0 Å². The van der Waals surface area contributed by atoms with Gasteiger partial charge in [0, 0.05) is 6.04 Å². The lowest BCUT2D eigenvalue weighted by molar-refractivity contribution is -0.126. The maximum atomic E-state index is 11.7. The normalized spacial score (nSPS) is 18.6. The van der Waals surface area contributed by atoms with E-state index in [0.717, 1.165) is 0 Å². The first-order chi connectivity index (χ1) is 9.04. The lowest BCUT2D eigenvalue weighted by Gasteiger charge is -2.32. The molecule has 0 bridgehead atoms. The standard InChI is InChI=1S/C14H27N3O2.ClH/c1-10(12-6-4-3-5-7-12)11(2)17-14(19)9-16-13(18)8-15;/h10-12H,3-9,15H2,1-2H3,(H,16,18)(H,17,19);1H. The summed E-state index contributed by atoms with van der Waals surface area (Å²) in [6, 6.07) is 0.144. The average molecular weight is 306 g/mol. The molecule has 1 rings (SSSR count). The van der Waals surface area contributed by atoms with Crippen LogP contribution in [0.4, 0.5) is 0 Å². The lowest BCUT2D eigenvalue weighted by atomic mass is 9.78. The van der Waals surface area contributed by atoms with Crippen LogP contribution in [0, 0.1) is 11.8 Å². The minimum atomic E-state index is -0.303. The summed E-state index contributed by atoms with van der Waals surface area (Å²) < 4.78 is 0. The molecule has 118 valence electrons. The summed E-state index contributed by atoms with van der Waals surface area (Å²) in [5.41, 5.74) is 5.16. The molecule has 2 unspecified atom stereocenters. The molecule has 0 aliphatic heterocycles. The molecule has 0 aromatic carbocycles. The summed E-state index contributed by atoms with van der Waals surface area (Å²) in [6.45, 7) is 4.18. The Bertz CT molecular complexity index is 307. The summed E-state index contributed by atoms with van der Waals surface area (Å²) in [5.74, 6) is 0.747. The van der Waals surface area contributed by atoms with E-state index < -0.39 is 0 Å². The SMILES string of the molecule is CC(NC(=O)CNC(=O)CN)C(C)C1CCCCC1.Cl. The Hall–Kier alpha value is -0.810. The molecule has 0 aromatic rings. The van der Waals surface area contributed by atoms with E-state index in [0.29, 0.717) is 11.8 Å². The molecular formula is C14H28ClN3O2. The van der Waals surface area contributed by atoms with E-state index in [-0.39, 0.29) is 43.4 Å². The molecule has 6 heteroatoms. The second kappa shape index (κ2) is 10.00. The highest BCUT2D eigenvalue weighted by molar-refractivity contribution is 5.85. The zero-order valence-electron chi connectivity index (χ0n) is 12.5. The molecule has 2 atom stereocenters. The Kier molecular flexibility index (Phi) is 9.59. The van der Waals surface area contributed by atoms with Crippen LogP contribution in [-0.4, -0.2) is 30.9 Å². The minimum absolute atomic E-state index is 0. The van der Waals surface area contributed by atoms with Crippen molar-refractivity contribution < 1.29 is 9.59 Å². The van der Waals surface area contributed by atoms with Crippen molar-refractivity contribution in [2.24, 2.45) is 17.6 Å². The fourth-order valence-electron chi connectivity index (χ4n) is 2.76. The molecule has 0 aromatic heterocycles. The number of hydrogen-bond donors (Lipinski definition) is 3. The summed E-state index contributed by atoms with van der Waals surface area (Å²) in [4.78, 5) is 22.7. The van der Waals surface area contributed by atoms with Crippen molar-refractivity contribution in [1.29, 1.82) is 0 Å². The van der Waals surface area contributed by atoms with E-state index in [1.807, 2.05) is 6.92 Å². The molecule has 1 fully saturated rings. The van der Waals surface area contributed by atoms with Crippen molar-refractivity contribution in [2.75, 3.05) is 13.1 Å². The van der Waals surface area contributed by atoms with Crippen LogP contribution >= 0.6 is 12.4 Å². The summed E-state index contributed by atoms with van der Waals surface area (Å²) in [7, 11) is 0. The number of rotatable bonds is 6. The predicted molar refractivity (Wildman–Crippen MR) is 82.7 cm³/mol. The van der Waals surface area contributed by atoms with Gasteiger partial charge in [-0.15, -0.1) is 12.4 Å². The second-order valence-corrected chi connectivity index (χ2v) is 5.59. The Morgan fingerprint density at radius 1 is 1.15 bits per heavy atom. The first kappa shape index (κ1) is 19.2. The van der Waals surface area contributed by atoms with E-state index in [9.17, 15) is 9.59 Å². The smallest absolute Gasteiger partial charge is 0.239 e. The van der Waals surface area contributed by atoms with Crippen molar-refractivity contribution in [3.63, 3.8) is 0 Å². The fraction of sp³-hybridized carbons (Fsp3) is 0.857. The van der Waals surface area contributed by atoms with Crippen molar-refractivity contribution in [3.05, 3.63) is 0 Å². The highest BCUT2D eigenvalue weighted by Gasteiger charge is 2.25. The topological polar surface area (TPSA) is 84.2 Å². The van der Waals surface area contributed by atoms with Gasteiger partial charge in [0.05, 0.1) is 13.1 Å². The Morgan fingerprint density at radius 2 is 1.75 bits per heavy atom. The van der Waals surface area contributed by atoms with Gasteiger partial charge in [-0.25, -0.2) is 0 Å². The van der Waals surface area contributed by atoms with Crippen LogP contribution in [0.2, 0.25) is 0 Å². The van der Waals surface area contributed by atoms with Crippen molar-refractivity contribution in [1.82, 2.24) is 10.6 Å². The summed E-state index contributed by atoms with van der Waals surface area (Å²) in [5, 5.41) is 5.44. The molecule has 5 nitrogen and oxygen atoms in total. The van der Waals surface area contributed by atoms with Gasteiger partial charge in [0.25, 0.3) is 0 Å². The lowest BCUT2D eigenvalue weighted by Crippen LogP contribution is -2.45. The fourth-order valence-corrected chi connectivity index (χ4v) is 2.76. The Labute approximate surface area is 127 Å². The maximum absolute atomic E-state index is 11.7. The number of nitrogens with two attached hydrogens (primary N) is 1. The van der Waals surface area contributed by atoms with Crippen molar-refractivity contribution in [3.8, 4) is 0 Å². The van der Waals surface area contributed by atoms with Gasteiger partial charge in [-0.2, -0.15) is 0 Å². The molecule has 2 amide bonds. The molecule has 0 heterocycles. The van der Waals surface area contributed by atoms with Crippen LogP contribution in [-0.2, 0) is 9.59 Å². The van der Waals surface area contributed by atoms with Gasteiger partial charge >= 0.3 is 0 Å². The first-order valence-corrected chi connectivity index (χ1v) is 7.30. The van der Waals surface area contributed by atoms with E-state index >= 15 is 0 Å². The zero-order chi connectivity index (χ0) is 14.3. The molecular weight excluding hydrogens is 278 g/mol. The van der Waals surface area contributed by atoms with Gasteiger partial charge in [0.15, 0.2) is 0 Å². The number of carbonyl (C=O) groups is 2. The van der Waals surface area contributed by atoms with Gasteiger partial charge in [-0.1, -0.05) is 39.0 Å². The van der Waals surface area contributed by atoms with Crippen molar-refractivity contribution >= 4 is 24.2 Å². The third-order valence-electron chi connectivity index (χ3n) is 4.20. The summed E-state index contributed by atoms with van der Waals surface area (Å²) in [6.07, 6.45) is 6.50. The average Bonchev–Trinajstić information content (AvgIpc) is 2.44. The number of halogens is 1. The third-order valence-corrected chi connectivity index (χ3v) is 4.20. The van der Waals surface area contributed by atoms with Crippen LogP contribution < -0.4 is 16.4 Å². The Morgan fingerprint density at radius 3 is 2.30 bits per heavy atom. The highest BCUT2D eigenvalue weighted by atomic mass is 35.5. The van der Waals surface area contributed by atoms with Crippen LogP contribution in [0.25, 0.3) is 0 Å². The van der Waals surface area contributed by atoms with Gasteiger partial charge < -0.3 is 16.4 Å². The zero-order valence-corrected chi connectivity index (χ0v) is 13.3. The molecule has 20 heavy (non-hydrogen) atoms. The highest BCUT2D eigenvalue weighted by Crippen LogP contribution is 2.31. The molecule has 1 aliphatic rings. The Balaban J connectivity index is 0.00000361. The number of hydrogen-bond acceptors (Lipinski definition) is 3. The second-order valence-electron chi connectivity index (χ2n) is 5.59. The van der Waals surface area contributed by atoms with Crippen molar-refractivity contribution in [2.45, 2.75) is 52.0 Å². The summed E-state index contributed by atoms with van der Waals surface area (Å²) >= 11 is 0. The largest absolute Gasteiger partial charge is 0.352 e. The van der Waals surface area contributed by atoms with E-state index in [1.165, 1.54) is 32.1 Å². The minimum Gasteiger partial charge on any atom is -0.352 e. The van der Waals surface area contributed by atoms with Gasteiger partial charge in [-0.3, -0.25) is 9.59 Å². The van der Waals surface area contributed by atoms with E-state index in [4.69, 9.17) is 5.73 Å². The monoisotopic (exact) mass is 305 g/mol. The molecule has 0 saturated heterocycles. The van der Waals surface area contributed by atoms with Gasteiger partial charge in [-0.05, 0) is 18.8 Å². The molecule has 0 radical (unpaired) electrons. The van der Waals surface area contributed by atoms with E-state index in [2.05, 4.69) is 17.6 Å². The first-order valence-electron chi connectivity index (χ1n) is 7.30. The number of amides is 2. The molecule has 4 N–H and O–H groups in total. The quantitative estimate of drug-likeness (QED) is 0.689. The van der Waals surface area contributed by atoms with Gasteiger partial charge in [0.2, 0.25) is 11.8 Å². The van der Waals surface area contributed by atoms with Crippen LogP contribution in [0.1, 0.15) is 46.0 Å². The van der Waals surface area contributed by atoms with E-state index in [1.54, 1.807) is 0 Å². The van der Waals surface area contributed by atoms with Gasteiger partial charge in [0.1, 0.15) is 0 Å².